The molecule has 1 radical (unpaired) electrons. The van der Waals surface area contributed by atoms with E-state index < -0.39 is 0 Å². The van der Waals surface area contributed by atoms with Gasteiger partial charge in [-0.05, 0) is 54.4 Å². The molecule has 6 heteroatoms. The summed E-state index contributed by atoms with van der Waals surface area (Å²) >= 11 is 1.64. The molecule has 0 unspecified atom stereocenters. The van der Waals surface area contributed by atoms with Gasteiger partial charge in [0.1, 0.15) is 4.83 Å². The molecule has 0 aliphatic carbocycles. The van der Waals surface area contributed by atoms with Gasteiger partial charge in [-0.25, -0.2) is 4.98 Å². The van der Waals surface area contributed by atoms with Crippen LogP contribution in [0.4, 0.5) is 0 Å². The van der Waals surface area contributed by atoms with Gasteiger partial charge in [0.25, 0.3) is 0 Å². The second-order valence-corrected chi connectivity index (χ2v) is 9.41. The predicted octanol–water partition coefficient (Wildman–Crippen LogP) is 8.22. The Balaban J connectivity index is 0.000000172. The fourth-order valence-corrected chi connectivity index (χ4v) is 4.83. The number of thiophene rings is 1. The van der Waals surface area contributed by atoms with Gasteiger partial charge in [-0.2, -0.15) is 0 Å². The molecule has 4 nitrogen and oxygen atoms in total. The van der Waals surface area contributed by atoms with Crippen LogP contribution in [0.2, 0.25) is 0 Å². The summed E-state index contributed by atoms with van der Waals surface area (Å²) in [4.78, 5) is 14.6. The van der Waals surface area contributed by atoms with Gasteiger partial charge in [0.2, 0.25) is 5.71 Å². The van der Waals surface area contributed by atoms with Crippen molar-refractivity contribution in [2.24, 2.45) is 0 Å². The minimum Gasteiger partial charge on any atom is -0.486 e. The monoisotopic (exact) mass is 676 g/mol. The van der Waals surface area contributed by atoms with Crippen molar-refractivity contribution in [3.05, 3.63) is 114 Å². The van der Waals surface area contributed by atoms with Gasteiger partial charge in [-0.3, -0.25) is 4.98 Å². The summed E-state index contributed by atoms with van der Waals surface area (Å²) < 4.78 is 6.03. The quantitative estimate of drug-likeness (QED) is 0.173. The van der Waals surface area contributed by atoms with Crippen molar-refractivity contribution >= 4 is 43.6 Å². The first-order valence-corrected chi connectivity index (χ1v) is 12.5. The van der Waals surface area contributed by atoms with E-state index >= 15 is 0 Å². The van der Waals surface area contributed by atoms with Crippen molar-refractivity contribution < 1.29 is 24.5 Å². The summed E-state index contributed by atoms with van der Waals surface area (Å²) in [5, 5.41) is 5.29. The van der Waals surface area contributed by atoms with Crippen molar-refractivity contribution in [1.29, 1.82) is 0 Å². The minimum absolute atomic E-state index is 0. The molecule has 0 aliphatic rings. The average molecular weight is 676 g/mol. The molecule has 0 amide bonds. The third-order valence-electron chi connectivity index (χ3n) is 5.91. The van der Waals surface area contributed by atoms with E-state index in [1.54, 1.807) is 11.3 Å². The second-order valence-electron chi connectivity index (χ2n) is 8.51. The molecule has 0 spiro atoms. The molecule has 0 saturated carbocycles. The van der Waals surface area contributed by atoms with Crippen molar-refractivity contribution in [1.82, 2.24) is 15.0 Å². The van der Waals surface area contributed by atoms with Gasteiger partial charge in [0, 0.05) is 42.8 Å². The van der Waals surface area contributed by atoms with Crippen LogP contribution in [-0.4, -0.2) is 15.0 Å². The molecule has 7 rings (SSSR count). The average Bonchev–Trinajstić information content (AvgIpc) is 3.53. The normalized spacial score (nSPS) is 10.8. The third-order valence-corrected chi connectivity index (χ3v) is 6.73. The number of fused-ring (bicyclic) bond motifs is 4. The number of benzene rings is 2. The number of pyridine rings is 3. The Kier molecular flexibility index (Phi) is 7.24. The van der Waals surface area contributed by atoms with E-state index in [2.05, 4.69) is 51.7 Å². The standard InChI is InChI=1S/C19H11N2OS.C12H10N.Ir/c1-11-5-7-14-13-3-2-4-15(17(13)22-18(14)20-11)16-8-6-12-9-10-23-19(12)21-16;1-10-7-8-12(13-9-10)11-5-3-2-4-6-11;/h2-3,5-10H,1H3;2-5,7-9H,1H3;/q2*-1;. The van der Waals surface area contributed by atoms with E-state index in [9.17, 15) is 0 Å². The van der Waals surface area contributed by atoms with Gasteiger partial charge in [0.05, 0.1) is 5.58 Å². The molecule has 0 N–H and O–H groups in total. The molecule has 183 valence electrons. The van der Waals surface area contributed by atoms with E-state index in [0.717, 1.165) is 54.8 Å². The maximum Gasteiger partial charge on any atom is 0.216 e. The number of furan rings is 1. The van der Waals surface area contributed by atoms with Crippen LogP contribution in [-0.2, 0) is 20.1 Å². The van der Waals surface area contributed by atoms with Crippen LogP contribution < -0.4 is 0 Å². The first-order chi connectivity index (χ1) is 17.7. The number of nitrogens with zero attached hydrogens (tertiary/aromatic N) is 3. The Bertz CT molecular complexity index is 1810. The SMILES string of the molecule is Cc1ccc(-c2[c-]cccc2)nc1.Cc1ccc2c(n1)oc1c(-c3ccc4ccsc4n3)[c-]ccc12.[Ir]. The van der Waals surface area contributed by atoms with Gasteiger partial charge in [-0.1, -0.05) is 35.2 Å². The van der Waals surface area contributed by atoms with E-state index in [1.807, 2.05) is 74.6 Å². The summed E-state index contributed by atoms with van der Waals surface area (Å²) in [7, 11) is 0. The summed E-state index contributed by atoms with van der Waals surface area (Å²) in [5.41, 5.74) is 7.37. The van der Waals surface area contributed by atoms with Crippen LogP contribution in [0, 0.1) is 26.0 Å². The Morgan fingerprint density at radius 1 is 0.784 bits per heavy atom. The number of aromatic nitrogens is 3. The zero-order chi connectivity index (χ0) is 24.5. The fourth-order valence-electron chi connectivity index (χ4n) is 4.07. The molecule has 37 heavy (non-hydrogen) atoms. The number of aryl methyl sites for hydroxylation is 2. The summed E-state index contributed by atoms with van der Waals surface area (Å²) in [6.07, 6.45) is 1.87. The number of hydrogen-bond acceptors (Lipinski definition) is 5. The maximum absolute atomic E-state index is 6.03. The van der Waals surface area contributed by atoms with Crippen LogP contribution in [0.15, 0.2) is 94.9 Å². The molecule has 5 heterocycles. The van der Waals surface area contributed by atoms with Gasteiger partial charge in [-0.15, -0.1) is 65.4 Å². The van der Waals surface area contributed by atoms with Crippen molar-refractivity contribution in [3.8, 4) is 22.5 Å². The Hall–Kier alpha value is -3.70. The predicted molar refractivity (Wildman–Crippen MR) is 147 cm³/mol. The Labute approximate surface area is 232 Å². The van der Waals surface area contributed by atoms with Crippen molar-refractivity contribution in [2.75, 3.05) is 0 Å². The molecule has 0 aliphatic heterocycles. The minimum atomic E-state index is 0. The molecular formula is C31H21IrN3OS-2. The molecular weight excluding hydrogens is 655 g/mol. The molecule has 5 aromatic heterocycles. The first kappa shape index (κ1) is 25.0. The van der Waals surface area contributed by atoms with Crippen LogP contribution in [0.5, 0.6) is 0 Å². The van der Waals surface area contributed by atoms with Gasteiger partial charge < -0.3 is 9.40 Å². The van der Waals surface area contributed by atoms with Crippen LogP contribution in [0.3, 0.4) is 0 Å². The number of rotatable bonds is 2. The molecule has 2 aromatic carbocycles. The van der Waals surface area contributed by atoms with Crippen LogP contribution in [0.1, 0.15) is 11.3 Å². The largest absolute Gasteiger partial charge is 0.486 e. The van der Waals surface area contributed by atoms with Crippen LogP contribution in [0.25, 0.3) is 54.8 Å². The molecule has 0 bridgehead atoms. The van der Waals surface area contributed by atoms with E-state index in [0.29, 0.717) is 5.71 Å². The molecule has 0 fully saturated rings. The summed E-state index contributed by atoms with van der Waals surface area (Å²) in [6, 6.07) is 32.5. The zero-order valence-electron chi connectivity index (χ0n) is 20.2. The maximum atomic E-state index is 6.03. The fraction of sp³-hybridized carbons (Fsp3) is 0.0645. The van der Waals surface area contributed by atoms with E-state index in [1.165, 1.54) is 5.56 Å². The molecule has 0 saturated heterocycles. The molecule has 7 aromatic rings. The third kappa shape index (κ3) is 5.09. The van der Waals surface area contributed by atoms with Gasteiger partial charge >= 0.3 is 0 Å². The Morgan fingerprint density at radius 3 is 2.49 bits per heavy atom. The molecule has 0 atom stereocenters. The smallest absolute Gasteiger partial charge is 0.216 e. The summed E-state index contributed by atoms with van der Waals surface area (Å²) in [5.74, 6) is 0. The first-order valence-electron chi connectivity index (χ1n) is 11.6. The van der Waals surface area contributed by atoms with Crippen LogP contribution >= 0.6 is 11.3 Å². The van der Waals surface area contributed by atoms with E-state index in [-0.39, 0.29) is 20.1 Å². The number of hydrogen-bond donors (Lipinski definition) is 0. The Morgan fingerprint density at radius 2 is 1.68 bits per heavy atom. The van der Waals surface area contributed by atoms with Crippen molar-refractivity contribution in [3.63, 3.8) is 0 Å². The second kappa shape index (κ2) is 10.7. The van der Waals surface area contributed by atoms with Gasteiger partial charge in [0.15, 0.2) is 0 Å². The zero-order valence-corrected chi connectivity index (χ0v) is 23.4. The topological polar surface area (TPSA) is 51.8 Å². The van der Waals surface area contributed by atoms with Crippen molar-refractivity contribution in [2.45, 2.75) is 13.8 Å². The van der Waals surface area contributed by atoms with E-state index in [4.69, 9.17) is 9.40 Å². The summed E-state index contributed by atoms with van der Waals surface area (Å²) in [6.45, 7) is 4.00.